The van der Waals surface area contributed by atoms with Crippen LogP contribution in [-0.2, 0) is 6.54 Å². The molecule has 0 saturated heterocycles. The molecule has 0 amide bonds. The fourth-order valence-corrected chi connectivity index (χ4v) is 2.35. The topological polar surface area (TPSA) is 29.3 Å². The van der Waals surface area contributed by atoms with E-state index < -0.39 is 0 Å². The van der Waals surface area contributed by atoms with Gasteiger partial charge in [-0.1, -0.05) is 29.8 Å². The molecule has 0 unspecified atom stereocenters. The zero-order valence-corrected chi connectivity index (χ0v) is 11.4. The molecule has 0 saturated carbocycles. The number of nitrogens with one attached hydrogen (secondary N) is 1. The van der Waals surface area contributed by atoms with Crippen molar-refractivity contribution in [2.45, 2.75) is 6.54 Å². The van der Waals surface area contributed by atoms with Gasteiger partial charge in [-0.3, -0.25) is 0 Å². The summed E-state index contributed by atoms with van der Waals surface area (Å²) in [5, 5.41) is 3.94. The molecule has 0 fully saturated rings. The summed E-state index contributed by atoms with van der Waals surface area (Å²) in [6.45, 7) is 0.767. The molecular formula is C15H14ClN3. The standard InChI is InChI=1S/C15H14ClN3/c1-17-10-13-15(11-5-7-12(16)8-6-11)18-14-4-2-3-9-19(13)14/h2-9,17H,10H2,1H3. The number of aromatic nitrogens is 2. The maximum absolute atomic E-state index is 5.94. The smallest absolute Gasteiger partial charge is 0.137 e. The van der Waals surface area contributed by atoms with Crippen molar-refractivity contribution in [3.05, 3.63) is 59.4 Å². The van der Waals surface area contributed by atoms with Crippen LogP contribution in [0, 0.1) is 0 Å². The van der Waals surface area contributed by atoms with Gasteiger partial charge in [0.15, 0.2) is 0 Å². The highest BCUT2D eigenvalue weighted by Gasteiger charge is 2.12. The average Bonchev–Trinajstić information content (AvgIpc) is 2.79. The highest BCUT2D eigenvalue weighted by atomic mass is 35.5. The van der Waals surface area contributed by atoms with Crippen LogP contribution < -0.4 is 5.32 Å². The molecule has 0 spiro atoms. The van der Waals surface area contributed by atoms with Gasteiger partial charge in [0.05, 0.1) is 11.4 Å². The first-order valence-electron chi connectivity index (χ1n) is 6.16. The van der Waals surface area contributed by atoms with Crippen molar-refractivity contribution >= 4 is 17.2 Å². The van der Waals surface area contributed by atoms with Gasteiger partial charge < -0.3 is 9.72 Å². The Morgan fingerprint density at radius 3 is 2.68 bits per heavy atom. The van der Waals surface area contributed by atoms with Gasteiger partial charge in [-0.25, -0.2) is 4.98 Å². The quantitative estimate of drug-likeness (QED) is 0.791. The molecule has 2 heterocycles. The molecule has 1 N–H and O–H groups in total. The summed E-state index contributed by atoms with van der Waals surface area (Å²) >= 11 is 5.94. The second-order valence-corrected chi connectivity index (χ2v) is 4.81. The fraction of sp³-hybridized carbons (Fsp3) is 0.133. The van der Waals surface area contributed by atoms with Crippen LogP contribution in [0.5, 0.6) is 0 Å². The van der Waals surface area contributed by atoms with E-state index in [1.807, 2.05) is 55.7 Å². The molecule has 3 aromatic rings. The lowest BCUT2D eigenvalue weighted by atomic mass is 10.1. The second kappa shape index (κ2) is 5.03. The fourth-order valence-electron chi connectivity index (χ4n) is 2.22. The number of pyridine rings is 1. The molecular weight excluding hydrogens is 258 g/mol. The number of nitrogens with zero attached hydrogens (tertiary/aromatic N) is 2. The predicted molar refractivity (Wildman–Crippen MR) is 78.4 cm³/mol. The second-order valence-electron chi connectivity index (χ2n) is 4.37. The Hall–Kier alpha value is -1.84. The van der Waals surface area contributed by atoms with Crippen molar-refractivity contribution in [3.63, 3.8) is 0 Å². The number of halogens is 1. The van der Waals surface area contributed by atoms with Gasteiger partial charge in [0.1, 0.15) is 5.65 Å². The number of rotatable bonds is 3. The molecule has 1 aromatic carbocycles. The first-order chi connectivity index (χ1) is 9.29. The Morgan fingerprint density at radius 2 is 1.95 bits per heavy atom. The van der Waals surface area contributed by atoms with Gasteiger partial charge in [0.25, 0.3) is 0 Å². The van der Waals surface area contributed by atoms with Gasteiger partial charge in [-0.15, -0.1) is 0 Å². The minimum Gasteiger partial charge on any atom is -0.314 e. The van der Waals surface area contributed by atoms with Crippen LogP contribution in [-0.4, -0.2) is 16.4 Å². The summed E-state index contributed by atoms with van der Waals surface area (Å²) in [4.78, 5) is 4.71. The third-order valence-corrected chi connectivity index (χ3v) is 3.34. The van der Waals surface area contributed by atoms with E-state index in [4.69, 9.17) is 16.6 Å². The highest BCUT2D eigenvalue weighted by molar-refractivity contribution is 6.30. The van der Waals surface area contributed by atoms with Crippen molar-refractivity contribution in [1.29, 1.82) is 0 Å². The first kappa shape index (κ1) is 12.2. The number of hydrogen-bond acceptors (Lipinski definition) is 2. The molecule has 3 rings (SSSR count). The zero-order valence-electron chi connectivity index (χ0n) is 10.6. The molecule has 4 heteroatoms. The number of fused-ring (bicyclic) bond motifs is 1. The van der Waals surface area contributed by atoms with Crippen molar-refractivity contribution in [1.82, 2.24) is 14.7 Å². The van der Waals surface area contributed by atoms with Crippen LogP contribution in [0.25, 0.3) is 16.9 Å². The molecule has 0 aliphatic rings. The van der Waals surface area contributed by atoms with Gasteiger partial charge >= 0.3 is 0 Å². The lowest BCUT2D eigenvalue weighted by Crippen LogP contribution is -2.08. The molecule has 3 nitrogen and oxygen atoms in total. The van der Waals surface area contributed by atoms with E-state index in [-0.39, 0.29) is 0 Å². The highest BCUT2D eigenvalue weighted by Crippen LogP contribution is 2.25. The van der Waals surface area contributed by atoms with Crippen LogP contribution >= 0.6 is 11.6 Å². The Bertz CT molecular complexity index is 701. The number of benzene rings is 1. The molecule has 0 aliphatic heterocycles. The van der Waals surface area contributed by atoms with Crippen molar-refractivity contribution in [2.24, 2.45) is 0 Å². The molecule has 96 valence electrons. The SMILES string of the molecule is CNCc1c(-c2ccc(Cl)cc2)nc2ccccn12. The Kier molecular flexibility index (Phi) is 3.23. The van der Waals surface area contributed by atoms with E-state index in [2.05, 4.69) is 9.72 Å². The van der Waals surface area contributed by atoms with Crippen molar-refractivity contribution < 1.29 is 0 Å². The van der Waals surface area contributed by atoms with E-state index >= 15 is 0 Å². The number of hydrogen-bond donors (Lipinski definition) is 1. The van der Waals surface area contributed by atoms with Crippen molar-refractivity contribution in [3.8, 4) is 11.3 Å². The monoisotopic (exact) mass is 271 g/mol. The summed E-state index contributed by atoms with van der Waals surface area (Å²) < 4.78 is 2.11. The Morgan fingerprint density at radius 1 is 1.16 bits per heavy atom. The minimum atomic E-state index is 0.739. The van der Waals surface area contributed by atoms with E-state index in [0.29, 0.717) is 0 Å². The maximum Gasteiger partial charge on any atom is 0.137 e. The third kappa shape index (κ3) is 2.23. The molecule has 0 atom stereocenters. The largest absolute Gasteiger partial charge is 0.314 e. The van der Waals surface area contributed by atoms with Crippen LogP contribution in [0.3, 0.4) is 0 Å². The van der Waals surface area contributed by atoms with Gasteiger partial charge in [-0.05, 0) is 31.3 Å². The van der Waals surface area contributed by atoms with Gasteiger partial charge in [0.2, 0.25) is 0 Å². The van der Waals surface area contributed by atoms with Gasteiger partial charge in [-0.2, -0.15) is 0 Å². The van der Waals surface area contributed by atoms with E-state index in [9.17, 15) is 0 Å². The normalized spacial score (nSPS) is 11.1. The first-order valence-corrected chi connectivity index (χ1v) is 6.54. The third-order valence-electron chi connectivity index (χ3n) is 3.09. The Balaban J connectivity index is 2.21. The summed E-state index contributed by atoms with van der Waals surface area (Å²) in [7, 11) is 1.94. The molecule has 2 aromatic heterocycles. The van der Waals surface area contributed by atoms with Gasteiger partial charge in [0, 0.05) is 23.3 Å². The van der Waals surface area contributed by atoms with Crippen molar-refractivity contribution in [2.75, 3.05) is 7.05 Å². The summed E-state index contributed by atoms with van der Waals surface area (Å²) in [6.07, 6.45) is 2.04. The average molecular weight is 272 g/mol. The van der Waals surface area contributed by atoms with Crippen LogP contribution in [0.15, 0.2) is 48.7 Å². The van der Waals surface area contributed by atoms with Crippen LogP contribution in [0.2, 0.25) is 5.02 Å². The van der Waals surface area contributed by atoms with Crippen LogP contribution in [0.4, 0.5) is 0 Å². The zero-order chi connectivity index (χ0) is 13.2. The van der Waals surface area contributed by atoms with E-state index in [0.717, 1.165) is 34.2 Å². The lowest BCUT2D eigenvalue weighted by molar-refractivity contribution is 0.784. The lowest BCUT2D eigenvalue weighted by Gasteiger charge is -2.04. The molecule has 0 bridgehead atoms. The number of imidazole rings is 1. The summed E-state index contributed by atoms with van der Waals surface area (Å²) in [5.41, 5.74) is 4.19. The molecule has 0 aliphatic carbocycles. The minimum absolute atomic E-state index is 0.739. The van der Waals surface area contributed by atoms with E-state index in [1.165, 1.54) is 0 Å². The maximum atomic E-state index is 5.94. The summed E-state index contributed by atoms with van der Waals surface area (Å²) in [5.74, 6) is 0. The molecule has 0 radical (unpaired) electrons. The summed E-state index contributed by atoms with van der Waals surface area (Å²) in [6, 6.07) is 13.8. The Labute approximate surface area is 116 Å². The van der Waals surface area contributed by atoms with E-state index in [1.54, 1.807) is 0 Å². The predicted octanol–water partition coefficient (Wildman–Crippen LogP) is 3.37. The molecule has 19 heavy (non-hydrogen) atoms. The van der Waals surface area contributed by atoms with Crippen LogP contribution in [0.1, 0.15) is 5.69 Å².